The van der Waals surface area contributed by atoms with Crippen molar-refractivity contribution < 1.29 is 4.39 Å². The maximum Gasteiger partial charge on any atom is 0.122 e. The van der Waals surface area contributed by atoms with Gasteiger partial charge in [-0.05, 0) is 25.3 Å². The predicted octanol–water partition coefficient (Wildman–Crippen LogP) is 2.32. The topological polar surface area (TPSA) is 12.0 Å². The molecule has 0 aliphatic carbocycles. The highest BCUT2D eigenvalue weighted by Crippen LogP contribution is 2.24. The van der Waals surface area contributed by atoms with E-state index in [0.29, 0.717) is 19.0 Å². The highest BCUT2D eigenvalue weighted by molar-refractivity contribution is 5.16. The highest BCUT2D eigenvalue weighted by atomic mass is 19.1. The van der Waals surface area contributed by atoms with Crippen molar-refractivity contribution in [2.24, 2.45) is 0 Å². The Morgan fingerprint density at radius 3 is 2.71 bits per heavy atom. The molecule has 1 saturated heterocycles. The second-order valence-electron chi connectivity index (χ2n) is 4.39. The lowest BCUT2D eigenvalue weighted by molar-refractivity contribution is 0.213. The zero-order valence-corrected chi connectivity index (χ0v) is 8.46. The molecule has 1 N–H and O–H groups in total. The van der Waals surface area contributed by atoms with Gasteiger partial charge in [0.05, 0.1) is 0 Å². The number of rotatable bonds is 2. The maximum absolute atomic E-state index is 13.5. The summed E-state index contributed by atoms with van der Waals surface area (Å²) in [6, 6.07) is 10.5. The quantitative estimate of drug-likeness (QED) is 0.760. The molecule has 0 aromatic heterocycles. The van der Waals surface area contributed by atoms with Crippen LogP contribution in [0.5, 0.6) is 0 Å². The van der Waals surface area contributed by atoms with Crippen LogP contribution < -0.4 is 5.32 Å². The van der Waals surface area contributed by atoms with Crippen molar-refractivity contribution in [3.05, 3.63) is 35.9 Å². The largest absolute Gasteiger partial charge is 0.310 e. The molecule has 1 aromatic rings. The van der Waals surface area contributed by atoms with Crippen LogP contribution in [0.15, 0.2) is 30.3 Å². The van der Waals surface area contributed by atoms with E-state index in [4.69, 9.17) is 0 Å². The summed E-state index contributed by atoms with van der Waals surface area (Å²) in [6.07, 6.45) is 1.56. The monoisotopic (exact) mass is 193 g/mol. The number of alkyl halides is 1. The van der Waals surface area contributed by atoms with Crippen LogP contribution in [0.2, 0.25) is 0 Å². The highest BCUT2D eigenvalue weighted by Gasteiger charge is 2.34. The average molecular weight is 193 g/mol. The summed E-state index contributed by atoms with van der Waals surface area (Å²) in [7, 11) is 0. The Hall–Kier alpha value is -0.890. The molecular weight excluding hydrogens is 177 g/mol. The molecule has 1 aliphatic heterocycles. The van der Waals surface area contributed by atoms with Crippen LogP contribution >= 0.6 is 0 Å². The van der Waals surface area contributed by atoms with E-state index in [0.717, 1.165) is 6.42 Å². The third-order valence-corrected chi connectivity index (χ3v) is 2.76. The Bertz CT molecular complexity index is 294. The van der Waals surface area contributed by atoms with Crippen molar-refractivity contribution in [2.75, 3.05) is 6.54 Å². The molecule has 0 amide bonds. The van der Waals surface area contributed by atoms with E-state index in [1.807, 2.05) is 18.2 Å². The fourth-order valence-corrected chi connectivity index (χ4v) is 2.06. The van der Waals surface area contributed by atoms with E-state index in [-0.39, 0.29) is 0 Å². The van der Waals surface area contributed by atoms with E-state index in [2.05, 4.69) is 17.4 Å². The van der Waals surface area contributed by atoms with Gasteiger partial charge in [-0.1, -0.05) is 30.3 Å². The molecule has 1 aromatic carbocycles. The Balaban J connectivity index is 1.94. The Labute approximate surface area is 84.3 Å². The molecular formula is C12H16FN. The summed E-state index contributed by atoms with van der Waals surface area (Å²) in [4.78, 5) is 0. The van der Waals surface area contributed by atoms with Crippen molar-refractivity contribution in [1.82, 2.24) is 5.32 Å². The van der Waals surface area contributed by atoms with Gasteiger partial charge in [0.15, 0.2) is 0 Å². The fourth-order valence-electron chi connectivity index (χ4n) is 2.06. The van der Waals surface area contributed by atoms with Gasteiger partial charge in [0.25, 0.3) is 0 Å². The summed E-state index contributed by atoms with van der Waals surface area (Å²) in [6.45, 7) is 2.16. The van der Waals surface area contributed by atoms with Crippen LogP contribution in [0.25, 0.3) is 0 Å². The first kappa shape index (κ1) is 9.66. The minimum atomic E-state index is -1.01. The summed E-state index contributed by atoms with van der Waals surface area (Å²) in [5.41, 5.74) is 0.266. The Kier molecular flexibility index (Phi) is 2.55. The van der Waals surface area contributed by atoms with Gasteiger partial charge in [-0.15, -0.1) is 0 Å². The third-order valence-electron chi connectivity index (χ3n) is 2.76. The van der Waals surface area contributed by atoms with E-state index in [1.54, 1.807) is 6.92 Å². The molecule has 2 atom stereocenters. The van der Waals surface area contributed by atoms with Gasteiger partial charge in [0.1, 0.15) is 5.67 Å². The molecule has 0 radical (unpaired) electrons. The molecule has 1 aliphatic rings. The summed E-state index contributed by atoms with van der Waals surface area (Å²) >= 11 is 0. The van der Waals surface area contributed by atoms with Crippen molar-refractivity contribution >= 4 is 0 Å². The van der Waals surface area contributed by atoms with Crippen LogP contribution in [0.3, 0.4) is 0 Å². The lowest BCUT2D eigenvalue weighted by atomic mass is 10.00. The molecule has 0 bridgehead atoms. The molecule has 0 saturated carbocycles. The van der Waals surface area contributed by atoms with Crippen molar-refractivity contribution in [2.45, 2.75) is 31.5 Å². The van der Waals surface area contributed by atoms with Gasteiger partial charge in [0.2, 0.25) is 0 Å². The molecule has 2 heteroatoms. The zero-order chi connectivity index (χ0) is 10.0. The van der Waals surface area contributed by atoms with Gasteiger partial charge >= 0.3 is 0 Å². The van der Waals surface area contributed by atoms with Gasteiger partial charge in [-0.3, -0.25) is 0 Å². The summed E-state index contributed by atoms with van der Waals surface area (Å²) in [5.74, 6) is 0. The first-order valence-electron chi connectivity index (χ1n) is 5.12. The first-order valence-corrected chi connectivity index (χ1v) is 5.12. The van der Waals surface area contributed by atoms with Crippen LogP contribution in [0.1, 0.15) is 18.9 Å². The number of benzene rings is 1. The summed E-state index contributed by atoms with van der Waals surface area (Å²) in [5, 5.41) is 3.22. The SMILES string of the molecule is CC1(F)CNC(Cc2ccccc2)C1. The number of hydrogen-bond donors (Lipinski definition) is 1. The molecule has 1 heterocycles. The lowest BCUT2D eigenvalue weighted by Crippen LogP contribution is -2.24. The second kappa shape index (κ2) is 3.70. The van der Waals surface area contributed by atoms with Crippen molar-refractivity contribution in [3.63, 3.8) is 0 Å². The van der Waals surface area contributed by atoms with E-state index in [9.17, 15) is 4.39 Å². The third kappa shape index (κ3) is 2.32. The van der Waals surface area contributed by atoms with Crippen molar-refractivity contribution in [1.29, 1.82) is 0 Å². The van der Waals surface area contributed by atoms with E-state index in [1.165, 1.54) is 5.56 Å². The number of hydrogen-bond acceptors (Lipinski definition) is 1. The molecule has 76 valence electrons. The molecule has 1 fully saturated rings. The maximum atomic E-state index is 13.5. The molecule has 2 unspecified atom stereocenters. The molecule has 2 rings (SSSR count). The fraction of sp³-hybridized carbons (Fsp3) is 0.500. The Morgan fingerprint density at radius 1 is 1.43 bits per heavy atom. The molecule has 14 heavy (non-hydrogen) atoms. The van der Waals surface area contributed by atoms with Crippen LogP contribution in [-0.2, 0) is 6.42 Å². The van der Waals surface area contributed by atoms with Gasteiger partial charge < -0.3 is 5.32 Å². The number of halogens is 1. The lowest BCUT2D eigenvalue weighted by Gasteiger charge is -2.11. The minimum absolute atomic E-state index is 0.299. The predicted molar refractivity (Wildman–Crippen MR) is 56.1 cm³/mol. The standard InChI is InChI=1S/C12H16FN/c1-12(13)8-11(14-9-12)7-10-5-3-2-4-6-10/h2-6,11,14H,7-9H2,1H3. The van der Waals surface area contributed by atoms with E-state index < -0.39 is 5.67 Å². The van der Waals surface area contributed by atoms with Crippen LogP contribution in [0, 0.1) is 0 Å². The van der Waals surface area contributed by atoms with Gasteiger partial charge in [0, 0.05) is 12.6 Å². The normalized spacial score (nSPS) is 32.0. The van der Waals surface area contributed by atoms with Crippen LogP contribution in [-0.4, -0.2) is 18.3 Å². The first-order chi connectivity index (χ1) is 6.66. The van der Waals surface area contributed by atoms with Crippen LogP contribution in [0.4, 0.5) is 4.39 Å². The van der Waals surface area contributed by atoms with Gasteiger partial charge in [-0.2, -0.15) is 0 Å². The molecule has 1 nitrogen and oxygen atoms in total. The average Bonchev–Trinajstić information content (AvgIpc) is 2.47. The smallest absolute Gasteiger partial charge is 0.122 e. The minimum Gasteiger partial charge on any atom is -0.310 e. The van der Waals surface area contributed by atoms with Crippen molar-refractivity contribution in [3.8, 4) is 0 Å². The van der Waals surface area contributed by atoms with E-state index >= 15 is 0 Å². The second-order valence-corrected chi connectivity index (χ2v) is 4.39. The van der Waals surface area contributed by atoms with Gasteiger partial charge in [-0.25, -0.2) is 4.39 Å². The summed E-state index contributed by atoms with van der Waals surface area (Å²) < 4.78 is 13.5. The zero-order valence-electron chi connectivity index (χ0n) is 8.46. The number of nitrogens with one attached hydrogen (secondary N) is 1. The Morgan fingerprint density at radius 2 is 2.14 bits per heavy atom. The molecule has 0 spiro atoms.